The van der Waals surface area contributed by atoms with Crippen molar-refractivity contribution >= 4 is 27.7 Å². The number of aromatic nitrogens is 1. The van der Waals surface area contributed by atoms with Crippen molar-refractivity contribution in [1.29, 1.82) is 0 Å². The third kappa shape index (κ3) is 5.56. The molecule has 132 valence electrons. The summed E-state index contributed by atoms with van der Waals surface area (Å²) in [6.07, 6.45) is 1.57. The van der Waals surface area contributed by atoms with Gasteiger partial charge in [0.1, 0.15) is 11.4 Å². The van der Waals surface area contributed by atoms with E-state index < -0.39 is 5.97 Å². The summed E-state index contributed by atoms with van der Waals surface area (Å²) in [7, 11) is 0. The van der Waals surface area contributed by atoms with Crippen molar-refractivity contribution in [2.75, 3.05) is 6.61 Å². The molecular weight excluding hydrogens is 386 g/mol. The van der Waals surface area contributed by atoms with Crippen LogP contribution in [0.5, 0.6) is 5.75 Å². The van der Waals surface area contributed by atoms with Gasteiger partial charge in [0.15, 0.2) is 12.4 Å². The van der Waals surface area contributed by atoms with Crippen LogP contribution in [0.4, 0.5) is 0 Å². The molecule has 2 rings (SSSR count). The van der Waals surface area contributed by atoms with Crippen LogP contribution in [0.2, 0.25) is 0 Å². The van der Waals surface area contributed by atoms with Gasteiger partial charge < -0.3 is 15.3 Å². The van der Waals surface area contributed by atoms with E-state index in [4.69, 9.17) is 15.3 Å². The molecule has 2 N–H and O–H groups in total. The molecule has 0 atom stereocenters. The molecule has 1 heterocycles. The fourth-order valence-corrected chi connectivity index (χ4v) is 2.40. The summed E-state index contributed by atoms with van der Waals surface area (Å²) in [5.74, 6) is -0.0954. The molecular formula is C18H20BrN3O3. The molecule has 0 fully saturated rings. The van der Waals surface area contributed by atoms with Crippen LogP contribution in [0.1, 0.15) is 32.0 Å². The molecule has 6 nitrogen and oxygen atoms in total. The van der Waals surface area contributed by atoms with Gasteiger partial charge >= 0.3 is 5.97 Å². The lowest BCUT2D eigenvalue weighted by Gasteiger charge is -2.20. The molecule has 0 amide bonds. The first kappa shape index (κ1) is 18.9. The predicted molar refractivity (Wildman–Crippen MR) is 99.4 cm³/mol. The second kappa shape index (κ2) is 8.11. The maximum absolute atomic E-state index is 11.7. The minimum atomic E-state index is -0.661. The topological polar surface area (TPSA) is 86.8 Å². The monoisotopic (exact) mass is 405 g/mol. The summed E-state index contributed by atoms with van der Waals surface area (Å²) in [5.41, 5.74) is 7.30. The lowest BCUT2D eigenvalue weighted by Crippen LogP contribution is -2.19. The maximum atomic E-state index is 11.7. The third-order valence-corrected chi connectivity index (χ3v) is 3.94. The summed E-state index contributed by atoms with van der Waals surface area (Å²) in [6, 6.07) is 10.9. The van der Waals surface area contributed by atoms with E-state index in [0.29, 0.717) is 11.4 Å². The molecule has 0 aliphatic carbocycles. The Morgan fingerprint density at radius 2 is 2.04 bits per heavy atom. The third-order valence-electron chi connectivity index (χ3n) is 3.32. The fraction of sp³-hybridized carbons (Fsp3) is 0.278. The molecule has 2 aromatic rings. The van der Waals surface area contributed by atoms with Crippen LogP contribution in [0, 0.1) is 0 Å². The number of nitrogens with two attached hydrogens (primary N) is 1. The number of rotatable bonds is 5. The Hall–Kier alpha value is -2.41. The summed E-state index contributed by atoms with van der Waals surface area (Å²) < 4.78 is 6.22. The van der Waals surface area contributed by atoms with E-state index in [0.717, 1.165) is 10.0 Å². The molecule has 0 bridgehead atoms. The van der Waals surface area contributed by atoms with Crippen LogP contribution in [-0.4, -0.2) is 23.4 Å². The van der Waals surface area contributed by atoms with Crippen LogP contribution in [0.15, 0.2) is 52.2 Å². The van der Waals surface area contributed by atoms with E-state index in [2.05, 4.69) is 46.8 Å². The molecule has 0 aliphatic rings. The van der Waals surface area contributed by atoms with Crippen molar-refractivity contribution in [1.82, 2.24) is 4.98 Å². The number of nitrogens with zero attached hydrogens (tertiary/aromatic N) is 2. The highest BCUT2D eigenvalue weighted by molar-refractivity contribution is 9.10. The van der Waals surface area contributed by atoms with E-state index in [9.17, 15) is 4.79 Å². The molecule has 25 heavy (non-hydrogen) atoms. The van der Waals surface area contributed by atoms with E-state index in [1.54, 1.807) is 24.4 Å². The lowest BCUT2D eigenvalue weighted by atomic mass is 9.87. The minimum absolute atomic E-state index is 0.0182. The molecule has 0 unspecified atom stereocenters. The number of benzene rings is 1. The first-order valence-electron chi connectivity index (χ1n) is 7.65. The highest BCUT2D eigenvalue weighted by Crippen LogP contribution is 2.31. The lowest BCUT2D eigenvalue weighted by molar-refractivity contribution is -0.146. The van der Waals surface area contributed by atoms with Gasteiger partial charge in [-0.2, -0.15) is 0 Å². The molecule has 0 aliphatic heterocycles. The first-order valence-corrected chi connectivity index (χ1v) is 8.44. The molecule has 7 heteroatoms. The van der Waals surface area contributed by atoms with Crippen molar-refractivity contribution in [2.24, 2.45) is 10.9 Å². The van der Waals surface area contributed by atoms with Crippen molar-refractivity contribution in [3.05, 3.63) is 58.3 Å². The average molecular weight is 406 g/mol. The number of hydrogen-bond donors (Lipinski definition) is 1. The number of carbonyl (C=O) groups is 1. The quantitative estimate of drug-likeness (QED) is 0.356. The number of halogens is 1. The highest BCUT2D eigenvalue weighted by atomic mass is 79.9. The van der Waals surface area contributed by atoms with Crippen LogP contribution >= 0.6 is 15.9 Å². The van der Waals surface area contributed by atoms with Crippen molar-refractivity contribution in [3.8, 4) is 5.75 Å². The van der Waals surface area contributed by atoms with Gasteiger partial charge in [0, 0.05) is 6.20 Å². The van der Waals surface area contributed by atoms with Crippen molar-refractivity contribution in [3.63, 3.8) is 0 Å². The average Bonchev–Trinajstić information content (AvgIpc) is 2.58. The summed E-state index contributed by atoms with van der Waals surface area (Å²) >= 11 is 3.45. The summed E-state index contributed by atoms with van der Waals surface area (Å²) in [6.45, 7) is 6.08. The second-order valence-electron chi connectivity index (χ2n) is 6.34. The largest absolute Gasteiger partial charge is 0.481 e. The fourth-order valence-electron chi connectivity index (χ4n) is 1.91. The zero-order valence-electron chi connectivity index (χ0n) is 14.3. The van der Waals surface area contributed by atoms with Crippen molar-refractivity contribution < 1.29 is 14.4 Å². The van der Waals surface area contributed by atoms with Crippen LogP contribution in [0.25, 0.3) is 0 Å². The minimum Gasteiger partial charge on any atom is -0.481 e. The SMILES string of the molecule is CC(C)(C)c1ccc(OCC(=O)O/N=C(/N)c2ccccn2)c(Br)c1. The second-order valence-corrected chi connectivity index (χ2v) is 7.19. The Bertz CT molecular complexity index is 771. The number of ether oxygens (including phenoxy) is 1. The van der Waals surface area contributed by atoms with E-state index in [-0.39, 0.29) is 17.9 Å². The maximum Gasteiger partial charge on any atom is 0.372 e. The Balaban J connectivity index is 1.92. The Morgan fingerprint density at radius 3 is 2.64 bits per heavy atom. The molecule has 0 radical (unpaired) electrons. The Labute approximate surface area is 155 Å². The van der Waals surface area contributed by atoms with Gasteiger partial charge in [-0.3, -0.25) is 4.98 Å². The van der Waals surface area contributed by atoms with Crippen LogP contribution in [-0.2, 0) is 15.0 Å². The molecule has 0 saturated heterocycles. The molecule has 1 aromatic heterocycles. The van der Waals surface area contributed by atoms with Crippen LogP contribution < -0.4 is 10.5 Å². The van der Waals surface area contributed by atoms with Crippen molar-refractivity contribution in [2.45, 2.75) is 26.2 Å². The molecule has 0 saturated carbocycles. The van der Waals surface area contributed by atoms with Gasteiger partial charge in [0.2, 0.25) is 0 Å². The zero-order chi connectivity index (χ0) is 18.4. The highest BCUT2D eigenvalue weighted by Gasteiger charge is 2.16. The molecule has 1 aromatic carbocycles. The Morgan fingerprint density at radius 1 is 1.28 bits per heavy atom. The van der Waals surface area contributed by atoms with Gasteiger partial charge in [0.25, 0.3) is 0 Å². The number of carbonyl (C=O) groups excluding carboxylic acids is 1. The number of oxime groups is 1. The van der Waals surface area contributed by atoms with Gasteiger partial charge in [-0.05, 0) is 51.2 Å². The van der Waals surface area contributed by atoms with Gasteiger partial charge in [-0.25, -0.2) is 4.79 Å². The standard InChI is InChI=1S/C18H20BrN3O3/c1-18(2,3)12-7-8-15(13(19)10-12)24-11-16(23)25-22-17(20)14-6-4-5-9-21-14/h4-10H,11H2,1-3H3,(H2,20,22). The normalized spacial score (nSPS) is 11.9. The molecule has 0 spiro atoms. The van der Waals surface area contributed by atoms with Gasteiger partial charge in [0.05, 0.1) is 4.47 Å². The smallest absolute Gasteiger partial charge is 0.372 e. The number of pyridine rings is 1. The Kier molecular flexibility index (Phi) is 6.14. The number of hydrogen-bond acceptors (Lipinski definition) is 5. The first-order chi connectivity index (χ1) is 11.8. The number of amidine groups is 1. The van der Waals surface area contributed by atoms with E-state index >= 15 is 0 Å². The summed E-state index contributed by atoms with van der Waals surface area (Å²) in [5, 5.41) is 3.57. The van der Waals surface area contributed by atoms with E-state index in [1.807, 2.05) is 18.2 Å². The zero-order valence-corrected chi connectivity index (χ0v) is 15.9. The van der Waals surface area contributed by atoms with Gasteiger partial charge in [-0.15, -0.1) is 0 Å². The van der Waals surface area contributed by atoms with E-state index in [1.165, 1.54) is 0 Å². The predicted octanol–water partition coefficient (Wildman–Crippen LogP) is 3.38. The van der Waals surface area contributed by atoms with Crippen LogP contribution in [0.3, 0.4) is 0 Å². The summed E-state index contributed by atoms with van der Waals surface area (Å²) in [4.78, 5) is 20.5. The van der Waals surface area contributed by atoms with Gasteiger partial charge in [-0.1, -0.05) is 38.1 Å².